The molecule has 2 radical (unpaired) electrons. The Labute approximate surface area is 84.2 Å². The Bertz CT molecular complexity index is 389. The minimum atomic E-state index is 0.106. The second-order valence-corrected chi connectivity index (χ2v) is 3.22. The van der Waals surface area contributed by atoms with Gasteiger partial charge in [0.2, 0.25) is 0 Å². The first kappa shape index (κ1) is 8.97. The van der Waals surface area contributed by atoms with Gasteiger partial charge in [-0.3, -0.25) is 0 Å². The highest BCUT2D eigenvalue weighted by Crippen LogP contribution is 2.18. The molecule has 0 heterocycles. The molecule has 1 nitrogen and oxygen atoms in total. The number of hydrogen-bond acceptors (Lipinski definition) is 0. The lowest BCUT2D eigenvalue weighted by Gasteiger charge is -2.01. The van der Waals surface area contributed by atoms with Crippen LogP contribution in [0.2, 0.25) is 0 Å². The van der Waals surface area contributed by atoms with E-state index >= 15 is 0 Å². The maximum Gasteiger partial charge on any atom is 0.0572 e. The zero-order chi connectivity index (χ0) is 9.80. The Kier molecular flexibility index (Phi) is 2.61. The van der Waals surface area contributed by atoms with Gasteiger partial charge in [-0.2, -0.15) is 0 Å². The average molecular weight is 181 g/mol. The minimum absolute atomic E-state index is 0.106. The van der Waals surface area contributed by atoms with Gasteiger partial charge in [0, 0.05) is 0 Å². The van der Waals surface area contributed by atoms with Gasteiger partial charge in [0.15, 0.2) is 0 Å². The summed E-state index contributed by atoms with van der Waals surface area (Å²) in [5.41, 5.74) is 12.2. The molecule has 2 aromatic rings. The predicted molar refractivity (Wildman–Crippen MR) is 57.7 cm³/mol. The fraction of sp³-hybridized carbons (Fsp3) is 0.0769. The Balaban J connectivity index is 2.34. The van der Waals surface area contributed by atoms with Crippen molar-refractivity contribution < 1.29 is 0 Å². The van der Waals surface area contributed by atoms with Crippen LogP contribution in [0.4, 0.5) is 0 Å². The Hall–Kier alpha value is -1.60. The minimum Gasteiger partial charge on any atom is -0.140 e. The molecule has 0 fully saturated rings. The van der Waals surface area contributed by atoms with Gasteiger partial charge in [-0.05, 0) is 16.7 Å². The summed E-state index contributed by atoms with van der Waals surface area (Å²) in [6.07, 6.45) is 0. The molecule has 0 unspecified atom stereocenters. The molecule has 0 saturated carbocycles. The van der Waals surface area contributed by atoms with Gasteiger partial charge >= 0.3 is 0 Å². The molecule has 14 heavy (non-hydrogen) atoms. The van der Waals surface area contributed by atoms with Gasteiger partial charge < -0.3 is 0 Å². The molecule has 0 atom stereocenters. The predicted octanol–water partition coefficient (Wildman–Crippen LogP) is 2.92. The van der Waals surface area contributed by atoms with Crippen LogP contribution in [-0.2, 0) is 6.54 Å². The van der Waals surface area contributed by atoms with Gasteiger partial charge in [0.25, 0.3) is 0 Å². The van der Waals surface area contributed by atoms with Crippen molar-refractivity contribution in [2.45, 2.75) is 6.54 Å². The van der Waals surface area contributed by atoms with E-state index < -0.39 is 0 Å². The summed E-state index contributed by atoms with van der Waals surface area (Å²) in [5.74, 6) is 0. The van der Waals surface area contributed by atoms with E-state index in [1.165, 1.54) is 11.1 Å². The summed E-state index contributed by atoms with van der Waals surface area (Å²) in [4.78, 5) is 0. The van der Waals surface area contributed by atoms with Crippen LogP contribution in [0.15, 0.2) is 54.6 Å². The first-order chi connectivity index (χ1) is 6.90. The molecular formula is C13H11N. The molecule has 2 rings (SSSR count). The van der Waals surface area contributed by atoms with Crippen LogP contribution < -0.4 is 5.73 Å². The largest absolute Gasteiger partial charge is 0.140 e. The standard InChI is InChI=1S/C13H11N/c14-10-11-6-8-13(9-7-11)12-4-2-1-3-5-12/h1-9H,10H2. The first-order valence-corrected chi connectivity index (χ1v) is 4.65. The normalized spacial score (nSPS) is 10.1. The van der Waals surface area contributed by atoms with Crippen LogP contribution >= 0.6 is 0 Å². The van der Waals surface area contributed by atoms with E-state index in [0.717, 1.165) is 5.56 Å². The molecule has 2 aromatic carbocycles. The summed E-state index contributed by atoms with van der Waals surface area (Å²) in [7, 11) is 0. The second-order valence-electron chi connectivity index (χ2n) is 3.22. The second kappa shape index (κ2) is 4.07. The molecule has 1 heteroatoms. The topological polar surface area (TPSA) is 22.3 Å². The Morgan fingerprint density at radius 2 is 1.29 bits per heavy atom. The van der Waals surface area contributed by atoms with Gasteiger partial charge in [-0.15, -0.1) is 5.73 Å². The van der Waals surface area contributed by atoms with Gasteiger partial charge in [0.1, 0.15) is 0 Å². The van der Waals surface area contributed by atoms with E-state index in [0.29, 0.717) is 0 Å². The summed E-state index contributed by atoms with van der Waals surface area (Å²) < 4.78 is 0. The third kappa shape index (κ3) is 1.83. The highest BCUT2D eigenvalue weighted by Gasteiger charge is 1.95. The van der Waals surface area contributed by atoms with Crippen molar-refractivity contribution in [1.82, 2.24) is 5.73 Å². The van der Waals surface area contributed by atoms with Gasteiger partial charge in [0.05, 0.1) is 6.54 Å². The molecule has 0 N–H and O–H groups in total. The van der Waals surface area contributed by atoms with E-state index in [4.69, 9.17) is 5.73 Å². The van der Waals surface area contributed by atoms with Crippen LogP contribution in [0.5, 0.6) is 0 Å². The molecule has 0 spiro atoms. The molecule has 0 aromatic heterocycles. The molecule has 0 saturated heterocycles. The maximum absolute atomic E-state index is 8.90. The molecule has 0 aliphatic rings. The lowest BCUT2D eigenvalue weighted by Crippen LogP contribution is -1.84. The van der Waals surface area contributed by atoms with Gasteiger partial charge in [-0.1, -0.05) is 54.6 Å². The van der Waals surface area contributed by atoms with E-state index in [1.807, 2.05) is 42.5 Å². The Morgan fingerprint density at radius 1 is 0.714 bits per heavy atom. The number of hydrogen-bond donors (Lipinski definition) is 0. The highest BCUT2D eigenvalue weighted by molar-refractivity contribution is 5.63. The van der Waals surface area contributed by atoms with Crippen molar-refractivity contribution >= 4 is 0 Å². The van der Waals surface area contributed by atoms with Crippen LogP contribution in [0.1, 0.15) is 5.56 Å². The molecular weight excluding hydrogens is 170 g/mol. The van der Waals surface area contributed by atoms with Crippen LogP contribution in [0.3, 0.4) is 0 Å². The lowest BCUT2D eigenvalue weighted by atomic mass is 10.0. The van der Waals surface area contributed by atoms with Crippen molar-refractivity contribution in [3.8, 4) is 11.1 Å². The fourth-order valence-corrected chi connectivity index (χ4v) is 1.43. The average Bonchev–Trinajstić information content (AvgIpc) is 2.30. The quantitative estimate of drug-likeness (QED) is 0.679. The smallest absolute Gasteiger partial charge is 0.0572 e. The molecule has 68 valence electrons. The first-order valence-electron chi connectivity index (χ1n) is 4.65. The summed E-state index contributed by atoms with van der Waals surface area (Å²) in [5, 5.41) is 0. The number of benzene rings is 2. The van der Waals surface area contributed by atoms with Crippen LogP contribution in [0, 0.1) is 0 Å². The summed E-state index contributed by atoms with van der Waals surface area (Å²) in [6, 6.07) is 18.2. The number of rotatable bonds is 2. The molecule has 0 bridgehead atoms. The van der Waals surface area contributed by atoms with Crippen molar-refractivity contribution in [3.63, 3.8) is 0 Å². The van der Waals surface area contributed by atoms with Gasteiger partial charge in [-0.25, -0.2) is 0 Å². The SMILES string of the molecule is [N]Cc1ccc(-c2ccccc2)cc1. The van der Waals surface area contributed by atoms with E-state index in [9.17, 15) is 0 Å². The monoisotopic (exact) mass is 181 g/mol. The van der Waals surface area contributed by atoms with Crippen LogP contribution in [0.25, 0.3) is 11.1 Å². The molecule has 0 aliphatic heterocycles. The summed E-state index contributed by atoms with van der Waals surface area (Å²) >= 11 is 0. The van der Waals surface area contributed by atoms with Crippen molar-refractivity contribution in [3.05, 3.63) is 60.2 Å². The van der Waals surface area contributed by atoms with E-state index in [1.54, 1.807) is 0 Å². The Morgan fingerprint density at radius 3 is 1.86 bits per heavy atom. The highest BCUT2D eigenvalue weighted by atomic mass is 14.5. The van der Waals surface area contributed by atoms with Crippen molar-refractivity contribution in [2.75, 3.05) is 0 Å². The summed E-state index contributed by atoms with van der Waals surface area (Å²) in [6.45, 7) is 0.106. The van der Waals surface area contributed by atoms with Crippen LogP contribution in [-0.4, -0.2) is 0 Å². The fourth-order valence-electron chi connectivity index (χ4n) is 1.43. The molecule has 0 amide bonds. The van der Waals surface area contributed by atoms with E-state index in [2.05, 4.69) is 12.1 Å². The van der Waals surface area contributed by atoms with Crippen molar-refractivity contribution in [1.29, 1.82) is 0 Å². The van der Waals surface area contributed by atoms with Crippen molar-refractivity contribution in [2.24, 2.45) is 0 Å². The van der Waals surface area contributed by atoms with E-state index in [-0.39, 0.29) is 6.54 Å². The lowest BCUT2D eigenvalue weighted by molar-refractivity contribution is 1.03. The zero-order valence-electron chi connectivity index (χ0n) is 7.85. The number of nitrogens with zero attached hydrogens (tertiary/aromatic N) is 1. The zero-order valence-corrected chi connectivity index (χ0v) is 7.85. The third-order valence-electron chi connectivity index (χ3n) is 2.24. The molecule has 0 aliphatic carbocycles. The third-order valence-corrected chi connectivity index (χ3v) is 2.24. The maximum atomic E-state index is 8.90.